The number of carbonyl (C=O) groups excluding carboxylic acids is 1. The molecule has 1 heterocycles. The Bertz CT molecular complexity index is 1710. The maximum atomic E-state index is 13.5. The molecule has 2 atom stereocenters. The lowest BCUT2D eigenvalue weighted by atomic mass is 10.0. The predicted octanol–water partition coefficient (Wildman–Crippen LogP) is 8.24. The van der Waals surface area contributed by atoms with Crippen LogP contribution in [-0.2, 0) is 34.1 Å². The molecule has 1 aliphatic rings. The van der Waals surface area contributed by atoms with Gasteiger partial charge in [-0.25, -0.2) is 9.79 Å². The summed E-state index contributed by atoms with van der Waals surface area (Å²) in [5.74, 6) is 0.982. The average molecular weight is 649 g/mol. The van der Waals surface area contributed by atoms with Crippen molar-refractivity contribution in [2.45, 2.75) is 32.0 Å². The molecule has 7 heteroatoms. The zero-order valence-corrected chi connectivity index (χ0v) is 25.4. The molecule has 0 bridgehead atoms. The molecule has 0 radical (unpaired) electrons. The van der Waals surface area contributed by atoms with Gasteiger partial charge in [0.25, 0.3) is 0 Å². The number of benzene rings is 5. The summed E-state index contributed by atoms with van der Waals surface area (Å²) in [5.41, 5.74) is 4.40. The van der Waals surface area contributed by atoms with Gasteiger partial charge in [0.1, 0.15) is 19.8 Å². The van der Waals surface area contributed by atoms with Crippen molar-refractivity contribution in [2.24, 2.45) is 4.99 Å². The minimum absolute atomic E-state index is 0.137. The first-order chi connectivity index (χ1) is 21.6. The first-order valence-electron chi connectivity index (χ1n) is 14.3. The van der Waals surface area contributed by atoms with E-state index in [0.717, 1.165) is 22.3 Å². The fourth-order valence-corrected chi connectivity index (χ4v) is 5.37. The fourth-order valence-electron chi connectivity index (χ4n) is 4.82. The molecule has 44 heavy (non-hydrogen) atoms. The molecule has 2 unspecified atom stereocenters. The van der Waals surface area contributed by atoms with Gasteiger partial charge in [0.05, 0.1) is 0 Å². The molecular weight excluding hydrogens is 618 g/mol. The van der Waals surface area contributed by atoms with E-state index in [4.69, 9.17) is 23.9 Å². The van der Waals surface area contributed by atoms with Gasteiger partial charge >= 0.3 is 5.97 Å². The SMILES string of the molecule is O=C(OCc1ccccc1)C1N=C(c2ccccc2)OC1c1cc(OCc2ccccc2)c(OCc2ccccc2)cc1Br. The van der Waals surface area contributed by atoms with Crippen LogP contribution in [0.25, 0.3) is 0 Å². The minimum Gasteiger partial charge on any atom is -0.485 e. The normalized spacial score (nSPS) is 15.6. The lowest BCUT2D eigenvalue weighted by Gasteiger charge is -2.21. The Labute approximate surface area is 265 Å². The van der Waals surface area contributed by atoms with Gasteiger partial charge in [0.15, 0.2) is 23.6 Å². The van der Waals surface area contributed by atoms with Crippen LogP contribution in [0.4, 0.5) is 0 Å². The molecule has 0 aromatic heterocycles. The topological polar surface area (TPSA) is 66.4 Å². The largest absolute Gasteiger partial charge is 0.485 e. The summed E-state index contributed by atoms with van der Waals surface area (Å²) in [4.78, 5) is 18.3. The third kappa shape index (κ3) is 7.18. The van der Waals surface area contributed by atoms with Gasteiger partial charge < -0.3 is 18.9 Å². The molecule has 0 fully saturated rings. The van der Waals surface area contributed by atoms with Crippen molar-refractivity contribution in [1.82, 2.24) is 0 Å². The highest BCUT2D eigenvalue weighted by molar-refractivity contribution is 9.10. The van der Waals surface area contributed by atoms with Crippen LogP contribution in [-0.4, -0.2) is 17.9 Å². The van der Waals surface area contributed by atoms with Crippen molar-refractivity contribution in [3.05, 3.63) is 166 Å². The van der Waals surface area contributed by atoms with E-state index < -0.39 is 18.1 Å². The highest BCUT2D eigenvalue weighted by Gasteiger charge is 2.41. The summed E-state index contributed by atoms with van der Waals surface area (Å²) in [5, 5.41) is 0. The van der Waals surface area contributed by atoms with E-state index >= 15 is 0 Å². The van der Waals surface area contributed by atoms with Crippen molar-refractivity contribution in [3.8, 4) is 11.5 Å². The first kappa shape index (κ1) is 29.2. The Balaban J connectivity index is 1.31. The number of ether oxygens (including phenoxy) is 4. The Morgan fingerprint density at radius 3 is 1.68 bits per heavy atom. The van der Waals surface area contributed by atoms with E-state index in [2.05, 4.69) is 15.9 Å². The number of carbonyl (C=O) groups is 1. The Hall–Kier alpha value is -4.88. The molecule has 220 valence electrons. The smallest absolute Gasteiger partial charge is 0.335 e. The summed E-state index contributed by atoms with van der Waals surface area (Å²) in [7, 11) is 0. The number of esters is 1. The van der Waals surface area contributed by atoms with Crippen molar-refractivity contribution < 1.29 is 23.7 Å². The number of nitrogens with zero attached hydrogens (tertiary/aromatic N) is 1. The van der Waals surface area contributed by atoms with E-state index in [0.29, 0.717) is 40.6 Å². The van der Waals surface area contributed by atoms with Gasteiger partial charge in [-0.3, -0.25) is 0 Å². The molecule has 0 saturated carbocycles. The molecular formula is C37H30BrNO5. The van der Waals surface area contributed by atoms with Crippen LogP contribution in [0.3, 0.4) is 0 Å². The van der Waals surface area contributed by atoms with E-state index in [-0.39, 0.29) is 6.61 Å². The first-order valence-corrected chi connectivity index (χ1v) is 15.1. The Morgan fingerprint density at radius 1 is 0.659 bits per heavy atom. The van der Waals surface area contributed by atoms with E-state index in [9.17, 15) is 4.79 Å². The second-order valence-electron chi connectivity index (χ2n) is 10.2. The molecule has 0 saturated heterocycles. The molecule has 5 aromatic rings. The van der Waals surface area contributed by atoms with Gasteiger partial charge in [-0.1, -0.05) is 125 Å². The molecule has 6 nitrogen and oxygen atoms in total. The molecule has 0 N–H and O–H groups in total. The molecule has 5 aromatic carbocycles. The standard InChI is InChI=1S/C37H30BrNO5/c38-31-22-33(42-24-27-15-7-2-8-16-27)32(41-23-26-13-5-1-6-14-26)21-30(31)35-34(37(40)43-25-28-17-9-3-10-18-28)39-36(44-35)29-19-11-4-12-20-29/h1-22,34-35H,23-25H2. The van der Waals surface area contributed by atoms with Gasteiger partial charge in [0, 0.05) is 15.6 Å². The Morgan fingerprint density at radius 2 is 1.14 bits per heavy atom. The Kier molecular flexibility index (Phi) is 9.33. The highest BCUT2D eigenvalue weighted by atomic mass is 79.9. The van der Waals surface area contributed by atoms with Crippen LogP contribution in [0.5, 0.6) is 11.5 Å². The number of aliphatic imine (C=N–C) groups is 1. The maximum absolute atomic E-state index is 13.5. The van der Waals surface area contributed by atoms with Crippen molar-refractivity contribution in [2.75, 3.05) is 0 Å². The van der Waals surface area contributed by atoms with Crippen molar-refractivity contribution in [3.63, 3.8) is 0 Å². The maximum Gasteiger partial charge on any atom is 0.335 e. The second kappa shape index (κ2) is 14.1. The van der Waals surface area contributed by atoms with Gasteiger partial charge in [-0.2, -0.15) is 0 Å². The molecule has 0 aliphatic carbocycles. The van der Waals surface area contributed by atoms with Crippen molar-refractivity contribution in [1.29, 1.82) is 0 Å². The predicted molar refractivity (Wildman–Crippen MR) is 173 cm³/mol. The van der Waals surface area contributed by atoms with Crippen LogP contribution in [0.2, 0.25) is 0 Å². The molecule has 0 spiro atoms. The van der Waals surface area contributed by atoms with Gasteiger partial charge in [-0.15, -0.1) is 0 Å². The lowest BCUT2D eigenvalue weighted by Crippen LogP contribution is -2.26. The molecule has 1 aliphatic heterocycles. The van der Waals surface area contributed by atoms with Crippen LogP contribution < -0.4 is 9.47 Å². The summed E-state index contributed by atoms with van der Waals surface area (Å²) < 4.78 is 25.4. The summed E-state index contributed by atoms with van der Waals surface area (Å²) in [6.07, 6.45) is -0.759. The van der Waals surface area contributed by atoms with Crippen LogP contribution >= 0.6 is 15.9 Å². The number of hydrogen-bond acceptors (Lipinski definition) is 6. The summed E-state index contributed by atoms with van der Waals surface area (Å²) >= 11 is 3.72. The number of hydrogen-bond donors (Lipinski definition) is 0. The summed E-state index contributed by atoms with van der Waals surface area (Å²) in [6.45, 7) is 0.839. The number of rotatable bonds is 11. The summed E-state index contributed by atoms with van der Waals surface area (Å²) in [6, 6.07) is 41.7. The second-order valence-corrected chi connectivity index (χ2v) is 11.1. The minimum atomic E-state index is -0.928. The van der Waals surface area contributed by atoms with Crippen LogP contribution in [0.15, 0.2) is 143 Å². The fraction of sp³-hybridized carbons (Fsp3) is 0.135. The number of halogens is 1. The van der Waals surface area contributed by atoms with E-state index in [1.54, 1.807) is 0 Å². The van der Waals surface area contributed by atoms with Crippen LogP contribution in [0, 0.1) is 0 Å². The zero-order chi connectivity index (χ0) is 30.1. The molecule has 0 amide bonds. The average Bonchev–Trinajstić information content (AvgIpc) is 3.53. The highest BCUT2D eigenvalue weighted by Crippen LogP contribution is 2.42. The quantitative estimate of drug-likeness (QED) is 0.135. The zero-order valence-electron chi connectivity index (χ0n) is 23.8. The van der Waals surface area contributed by atoms with Gasteiger partial charge in [0.2, 0.25) is 5.90 Å². The van der Waals surface area contributed by atoms with Crippen molar-refractivity contribution >= 4 is 27.8 Å². The monoisotopic (exact) mass is 647 g/mol. The molecule has 6 rings (SSSR count). The van der Waals surface area contributed by atoms with Gasteiger partial charge in [-0.05, 0) is 41.0 Å². The lowest BCUT2D eigenvalue weighted by molar-refractivity contribution is -0.148. The third-order valence-electron chi connectivity index (χ3n) is 7.11. The third-order valence-corrected chi connectivity index (χ3v) is 7.80. The van der Waals surface area contributed by atoms with E-state index in [1.165, 1.54) is 0 Å². The van der Waals surface area contributed by atoms with E-state index in [1.807, 2.05) is 133 Å². The van der Waals surface area contributed by atoms with Crippen LogP contribution in [0.1, 0.15) is 33.9 Å².